The Labute approximate surface area is 152 Å². The highest BCUT2D eigenvalue weighted by Gasteiger charge is 2.25. The molecular formula is C18H24ClN3O3. The van der Waals surface area contributed by atoms with Crippen LogP contribution in [0, 0.1) is 0 Å². The van der Waals surface area contributed by atoms with Crippen molar-refractivity contribution in [2.75, 3.05) is 20.1 Å². The number of amides is 3. The number of nitrogens with zero attached hydrogens (tertiary/aromatic N) is 1. The molecule has 0 radical (unpaired) electrons. The number of rotatable bonds is 6. The highest BCUT2D eigenvalue weighted by molar-refractivity contribution is 6.30. The van der Waals surface area contributed by atoms with E-state index < -0.39 is 6.04 Å². The number of hydrogen-bond donors (Lipinski definition) is 2. The third-order valence-electron chi connectivity index (χ3n) is 4.62. The van der Waals surface area contributed by atoms with Crippen LogP contribution in [0.15, 0.2) is 18.2 Å². The lowest BCUT2D eigenvalue weighted by molar-refractivity contribution is -0.132. The Kier molecular flexibility index (Phi) is 6.82. The number of halogens is 1. The van der Waals surface area contributed by atoms with E-state index in [4.69, 9.17) is 11.6 Å². The molecule has 0 fully saturated rings. The van der Waals surface area contributed by atoms with Gasteiger partial charge in [0, 0.05) is 31.6 Å². The summed E-state index contributed by atoms with van der Waals surface area (Å²) in [5, 5.41) is 5.65. The number of likely N-dealkylation sites (N-methyl/N-ethyl adjacent to an activating group) is 1. The molecule has 136 valence electrons. The molecule has 25 heavy (non-hydrogen) atoms. The first-order valence-corrected chi connectivity index (χ1v) is 8.81. The maximum atomic E-state index is 12.6. The fourth-order valence-corrected chi connectivity index (χ4v) is 3.41. The van der Waals surface area contributed by atoms with Crippen LogP contribution < -0.4 is 10.6 Å². The fourth-order valence-electron chi connectivity index (χ4n) is 3.23. The van der Waals surface area contributed by atoms with Crippen LogP contribution in [-0.4, -0.2) is 49.3 Å². The van der Waals surface area contributed by atoms with Crippen molar-refractivity contribution < 1.29 is 14.4 Å². The molecule has 0 saturated heterocycles. The Hall–Kier alpha value is -2.08. The lowest BCUT2D eigenvalue weighted by Gasteiger charge is -2.24. The van der Waals surface area contributed by atoms with E-state index in [1.54, 1.807) is 0 Å². The topological polar surface area (TPSA) is 78.5 Å². The maximum absolute atomic E-state index is 12.6. The van der Waals surface area contributed by atoms with E-state index in [0.717, 1.165) is 6.42 Å². The Morgan fingerprint density at radius 3 is 2.88 bits per heavy atom. The van der Waals surface area contributed by atoms with Crippen LogP contribution in [0.1, 0.15) is 36.8 Å². The van der Waals surface area contributed by atoms with Gasteiger partial charge in [0.2, 0.25) is 18.2 Å². The van der Waals surface area contributed by atoms with Crippen molar-refractivity contribution in [3.05, 3.63) is 34.3 Å². The minimum absolute atomic E-state index is 0.00708. The van der Waals surface area contributed by atoms with Gasteiger partial charge < -0.3 is 15.5 Å². The first-order valence-electron chi connectivity index (χ1n) is 8.43. The molecule has 0 saturated carbocycles. The molecule has 0 bridgehead atoms. The summed E-state index contributed by atoms with van der Waals surface area (Å²) in [4.78, 5) is 36.8. The van der Waals surface area contributed by atoms with Gasteiger partial charge in [0.1, 0.15) is 6.04 Å². The fraction of sp³-hybridized carbons (Fsp3) is 0.500. The Bertz CT molecular complexity index is 650. The zero-order valence-corrected chi connectivity index (χ0v) is 15.3. The summed E-state index contributed by atoms with van der Waals surface area (Å²) in [5.74, 6) is -0.110. The minimum Gasteiger partial charge on any atom is -0.357 e. The molecule has 2 atom stereocenters. The van der Waals surface area contributed by atoms with E-state index in [1.807, 2.05) is 23.1 Å². The molecule has 7 heteroatoms. The Balaban J connectivity index is 1.99. The van der Waals surface area contributed by atoms with Crippen LogP contribution in [0.2, 0.25) is 5.02 Å². The number of carbonyl (C=O) groups is 3. The lowest BCUT2D eigenvalue weighted by Crippen LogP contribution is -2.43. The average Bonchev–Trinajstić information content (AvgIpc) is 2.77. The Morgan fingerprint density at radius 1 is 1.44 bits per heavy atom. The van der Waals surface area contributed by atoms with Gasteiger partial charge in [0.25, 0.3) is 0 Å². The molecule has 1 unspecified atom stereocenters. The molecule has 2 N–H and O–H groups in total. The summed E-state index contributed by atoms with van der Waals surface area (Å²) < 4.78 is 0. The van der Waals surface area contributed by atoms with Gasteiger partial charge >= 0.3 is 0 Å². The molecule has 1 heterocycles. The molecular weight excluding hydrogens is 342 g/mol. The van der Waals surface area contributed by atoms with Gasteiger partial charge in [-0.1, -0.05) is 24.6 Å². The number of fused-ring (bicyclic) bond motifs is 1. The van der Waals surface area contributed by atoms with Gasteiger partial charge in [-0.15, -0.1) is 0 Å². The van der Waals surface area contributed by atoms with Gasteiger partial charge in [-0.25, -0.2) is 0 Å². The largest absolute Gasteiger partial charge is 0.357 e. The van der Waals surface area contributed by atoms with Crippen molar-refractivity contribution in [2.45, 2.75) is 38.1 Å². The summed E-state index contributed by atoms with van der Waals surface area (Å²) in [6.07, 6.45) is 1.76. The summed E-state index contributed by atoms with van der Waals surface area (Å²) in [7, 11) is 1.50. The molecule has 1 aromatic rings. The second kappa shape index (κ2) is 8.85. The van der Waals surface area contributed by atoms with Crippen LogP contribution in [0.25, 0.3) is 0 Å². The van der Waals surface area contributed by atoms with E-state index in [1.165, 1.54) is 18.2 Å². The van der Waals surface area contributed by atoms with E-state index in [0.29, 0.717) is 24.5 Å². The van der Waals surface area contributed by atoms with Crippen LogP contribution in [0.4, 0.5) is 0 Å². The van der Waals surface area contributed by atoms with Gasteiger partial charge in [0.05, 0.1) is 0 Å². The third kappa shape index (κ3) is 4.95. The number of nitrogens with one attached hydrogen (secondary N) is 2. The normalized spacial score (nSPS) is 17.9. The van der Waals surface area contributed by atoms with Crippen LogP contribution in [0.3, 0.4) is 0 Å². The first kappa shape index (κ1) is 19.2. The molecule has 2 rings (SSSR count). The quantitative estimate of drug-likeness (QED) is 0.749. The van der Waals surface area contributed by atoms with Gasteiger partial charge in [0.15, 0.2) is 0 Å². The molecule has 0 spiro atoms. The zero-order valence-electron chi connectivity index (χ0n) is 14.5. The van der Waals surface area contributed by atoms with Crippen molar-refractivity contribution in [1.29, 1.82) is 0 Å². The van der Waals surface area contributed by atoms with Crippen molar-refractivity contribution >= 4 is 29.8 Å². The number of hydrogen-bond acceptors (Lipinski definition) is 3. The van der Waals surface area contributed by atoms with E-state index >= 15 is 0 Å². The van der Waals surface area contributed by atoms with Crippen molar-refractivity contribution in [1.82, 2.24) is 15.5 Å². The predicted octanol–water partition coefficient (Wildman–Crippen LogP) is 1.47. The lowest BCUT2D eigenvalue weighted by atomic mass is 9.95. The number of carbonyl (C=O) groups excluding carboxylic acids is 3. The summed E-state index contributed by atoms with van der Waals surface area (Å²) in [6.45, 7) is 3.35. The summed E-state index contributed by atoms with van der Waals surface area (Å²) in [5.41, 5.74) is 2.41. The monoisotopic (exact) mass is 365 g/mol. The molecule has 0 aliphatic carbocycles. The van der Waals surface area contributed by atoms with Gasteiger partial charge in [-0.05, 0) is 42.0 Å². The second-order valence-corrected chi connectivity index (χ2v) is 6.76. The molecule has 0 aromatic heterocycles. The number of benzene rings is 1. The molecule has 3 amide bonds. The Morgan fingerprint density at radius 2 is 2.20 bits per heavy atom. The van der Waals surface area contributed by atoms with Crippen molar-refractivity contribution in [3.63, 3.8) is 0 Å². The molecule has 6 nitrogen and oxygen atoms in total. The van der Waals surface area contributed by atoms with E-state index in [9.17, 15) is 14.4 Å². The average molecular weight is 366 g/mol. The SMILES string of the molecule is CNC(=O)[C@@H](CCC(=O)N1CCc2ccc(Cl)cc2C(C)C1)NC=O. The minimum atomic E-state index is -0.688. The predicted molar refractivity (Wildman–Crippen MR) is 96.4 cm³/mol. The van der Waals surface area contributed by atoms with Crippen LogP contribution in [0.5, 0.6) is 0 Å². The van der Waals surface area contributed by atoms with E-state index in [2.05, 4.69) is 17.6 Å². The molecule has 1 aliphatic heterocycles. The van der Waals surface area contributed by atoms with Crippen LogP contribution >= 0.6 is 11.6 Å². The van der Waals surface area contributed by atoms with Crippen molar-refractivity contribution in [2.24, 2.45) is 0 Å². The van der Waals surface area contributed by atoms with E-state index in [-0.39, 0.29) is 30.6 Å². The van der Waals surface area contributed by atoms with Gasteiger partial charge in [-0.2, -0.15) is 0 Å². The second-order valence-electron chi connectivity index (χ2n) is 6.32. The highest BCUT2D eigenvalue weighted by Crippen LogP contribution is 2.28. The summed E-state index contributed by atoms with van der Waals surface area (Å²) >= 11 is 6.10. The standard InChI is InChI=1S/C18H24ClN3O3/c1-12-10-22(8-7-13-3-4-14(19)9-15(12)13)17(24)6-5-16(21-11-23)18(25)20-2/h3-4,9,11-12,16H,5-8,10H2,1-2H3,(H,20,25)(H,21,23)/t12?,16-/m1/s1. The molecule has 1 aliphatic rings. The first-order chi connectivity index (χ1) is 12.0. The van der Waals surface area contributed by atoms with Crippen LogP contribution in [-0.2, 0) is 20.8 Å². The molecule has 1 aromatic carbocycles. The smallest absolute Gasteiger partial charge is 0.242 e. The third-order valence-corrected chi connectivity index (χ3v) is 4.85. The maximum Gasteiger partial charge on any atom is 0.242 e. The highest BCUT2D eigenvalue weighted by atomic mass is 35.5. The zero-order chi connectivity index (χ0) is 18.4. The van der Waals surface area contributed by atoms with Gasteiger partial charge in [-0.3, -0.25) is 14.4 Å². The summed E-state index contributed by atoms with van der Waals surface area (Å²) in [6, 6.07) is 5.19. The van der Waals surface area contributed by atoms with Crippen molar-refractivity contribution in [3.8, 4) is 0 Å².